The lowest BCUT2D eigenvalue weighted by atomic mass is 9.98. The quantitative estimate of drug-likeness (QED) is 0.488. The molecule has 3 aromatic rings. The van der Waals surface area contributed by atoms with Gasteiger partial charge in [0.25, 0.3) is 0 Å². The van der Waals surface area contributed by atoms with Crippen molar-refractivity contribution >= 4 is 6.08 Å². The van der Waals surface area contributed by atoms with Crippen LogP contribution >= 0.6 is 0 Å². The normalized spacial score (nSPS) is 12.8. The van der Waals surface area contributed by atoms with E-state index in [4.69, 9.17) is 0 Å². The topological polar surface area (TPSA) is 17.8 Å². The second kappa shape index (κ2) is 8.85. The molecule has 0 amide bonds. The lowest BCUT2D eigenvalue weighted by Gasteiger charge is -2.08. The predicted octanol–water partition coefficient (Wildman–Crippen LogP) is 6.26. The maximum Gasteiger partial charge on any atom is 0.0659 e. The van der Waals surface area contributed by atoms with Gasteiger partial charge in [-0.2, -0.15) is 5.10 Å². The summed E-state index contributed by atoms with van der Waals surface area (Å²) in [6.45, 7) is 9.64. The fourth-order valence-corrected chi connectivity index (χ4v) is 3.22. The summed E-state index contributed by atoms with van der Waals surface area (Å²) in [5.41, 5.74) is 6.54. The monoisotopic (exact) mass is 358 g/mol. The Hall–Kier alpha value is -2.61. The van der Waals surface area contributed by atoms with Gasteiger partial charge in [0.2, 0.25) is 0 Å². The van der Waals surface area contributed by atoms with Gasteiger partial charge in [0, 0.05) is 6.20 Å². The minimum atomic E-state index is 0.510. The molecule has 0 fully saturated rings. The zero-order valence-corrected chi connectivity index (χ0v) is 16.9. The summed E-state index contributed by atoms with van der Waals surface area (Å²) in [6, 6.07) is 17.6. The number of allylic oxidation sites excluding steroid dienone is 1. The van der Waals surface area contributed by atoms with E-state index in [0.29, 0.717) is 11.8 Å². The Morgan fingerprint density at radius 3 is 2.41 bits per heavy atom. The molecular weight excluding hydrogens is 328 g/mol. The summed E-state index contributed by atoms with van der Waals surface area (Å²) < 4.78 is 2.03. The van der Waals surface area contributed by atoms with Crippen molar-refractivity contribution in [3.8, 4) is 0 Å². The molecule has 0 N–H and O–H groups in total. The fourth-order valence-electron chi connectivity index (χ4n) is 3.22. The van der Waals surface area contributed by atoms with Crippen molar-refractivity contribution in [1.82, 2.24) is 9.78 Å². The third-order valence-corrected chi connectivity index (χ3v) is 4.90. The first-order valence-corrected chi connectivity index (χ1v) is 9.84. The van der Waals surface area contributed by atoms with Crippen molar-refractivity contribution in [2.45, 2.75) is 46.6 Å². The highest BCUT2D eigenvalue weighted by Crippen LogP contribution is 2.16. The second-order valence-electron chi connectivity index (χ2n) is 7.90. The van der Waals surface area contributed by atoms with Crippen molar-refractivity contribution in [2.24, 2.45) is 5.92 Å². The molecule has 0 aliphatic carbocycles. The lowest BCUT2D eigenvalue weighted by molar-refractivity contribution is 0.683. The molecule has 1 aromatic heterocycles. The number of aryl methyl sites for hydroxylation is 1. The SMILES string of the molecule is Cc1cccc(/C=C/C(C)Cc2ccc(Cn3cc(C(C)C)cn3)cc2)c1. The van der Waals surface area contributed by atoms with Crippen LogP contribution in [0.25, 0.3) is 6.08 Å². The van der Waals surface area contributed by atoms with Gasteiger partial charge >= 0.3 is 0 Å². The average molecular weight is 359 g/mol. The van der Waals surface area contributed by atoms with Gasteiger partial charge in [0.05, 0.1) is 12.7 Å². The van der Waals surface area contributed by atoms with E-state index in [1.807, 2.05) is 10.9 Å². The van der Waals surface area contributed by atoms with E-state index in [-0.39, 0.29) is 0 Å². The second-order valence-corrected chi connectivity index (χ2v) is 7.90. The minimum Gasteiger partial charge on any atom is -0.268 e. The Bertz CT molecular complexity index is 885. The van der Waals surface area contributed by atoms with Crippen LogP contribution in [0.4, 0.5) is 0 Å². The van der Waals surface area contributed by atoms with Gasteiger partial charge < -0.3 is 0 Å². The zero-order valence-electron chi connectivity index (χ0n) is 16.9. The van der Waals surface area contributed by atoms with Crippen LogP contribution in [0.2, 0.25) is 0 Å². The lowest BCUT2D eigenvalue weighted by Crippen LogP contribution is -2.01. The van der Waals surface area contributed by atoms with E-state index in [0.717, 1.165) is 13.0 Å². The van der Waals surface area contributed by atoms with Gasteiger partial charge in [-0.3, -0.25) is 4.68 Å². The van der Waals surface area contributed by atoms with Gasteiger partial charge in [-0.15, -0.1) is 0 Å². The van der Waals surface area contributed by atoms with E-state index in [9.17, 15) is 0 Å². The molecule has 2 nitrogen and oxygen atoms in total. The molecule has 140 valence electrons. The maximum atomic E-state index is 4.47. The summed E-state index contributed by atoms with van der Waals surface area (Å²) in [5, 5.41) is 4.47. The zero-order chi connectivity index (χ0) is 19.2. The van der Waals surface area contributed by atoms with Gasteiger partial charge in [0.15, 0.2) is 0 Å². The molecule has 0 bridgehead atoms. The van der Waals surface area contributed by atoms with E-state index in [1.165, 1.54) is 27.8 Å². The first-order chi connectivity index (χ1) is 13.0. The van der Waals surface area contributed by atoms with Crippen LogP contribution in [0.3, 0.4) is 0 Å². The largest absolute Gasteiger partial charge is 0.268 e. The molecule has 1 unspecified atom stereocenters. The summed E-state index contributed by atoms with van der Waals surface area (Å²) in [4.78, 5) is 0. The molecule has 0 radical (unpaired) electrons. The Balaban J connectivity index is 1.56. The van der Waals surface area contributed by atoms with E-state index in [1.54, 1.807) is 0 Å². The summed E-state index contributed by atoms with van der Waals surface area (Å²) in [5.74, 6) is 1.03. The number of rotatable bonds is 7. The predicted molar refractivity (Wildman–Crippen MR) is 115 cm³/mol. The number of hydrogen-bond acceptors (Lipinski definition) is 1. The molecule has 3 rings (SSSR count). The van der Waals surface area contributed by atoms with Crippen LogP contribution in [-0.2, 0) is 13.0 Å². The van der Waals surface area contributed by atoms with Gasteiger partial charge in [-0.25, -0.2) is 0 Å². The molecule has 1 heterocycles. The van der Waals surface area contributed by atoms with Gasteiger partial charge in [0.1, 0.15) is 0 Å². The van der Waals surface area contributed by atoms with Crippen LogP contribution in [0.5, 0.6) is 0 Å². The molecular formula is C25H30N2. The van der Waals surface area contributed by atoms with Crippen molar-refractivity contribution in [3.05, 3.63) is 94.8 Å². The van der Waals surface area contributed by atoms with Crippen LogP contribution in [-0.4, -0.2) is 9.78 Å². The standard InChI is InChI=1S/C25H30N2/c1-19(2)25-16-26-27(18-25)17-24-12-10-23(11-13-24)15-21(4)8-9-22-7-5-6-20(3)14-22/h5-14,16,18-19,21H,15,17H2,1-4H3/b9-8+. The average Bonchev–Trinajstić information content (AvgIpc) is 3.11. The first-order valence-electron chi connectivity index (χ1n) is 9.84. The Morgan fingerprint density at radius 1 is 1.00 bits per heavy atom. The summed E-state index contributed by atoms with van der Waals surface area (Å²) in [7, 11) is 0. The third-order valence-electron chi connectivity index (χ3n) is 4.90. The molecule has 0 aliphatic heterocycles. The van der Waals surface area contributed by atoms with Crippen LogP contribution < -0.4 is 0 Å². The number of nitrogens with zero attached hydrogens (tertiary/aromatic N) is 2. The molecule has 0 spiro atoms. The van der Waals surface area contributed by atoms with Gasteiger partial charge in [-0.05, 0) is 47.4 Å². The van der Waals surface area contributed by atoms with Crippen molar-refractivity contribution in [2.75, 3.05) is 0 Å². The molecule has 1 atom stereocenters. The summed E-state index contributed by atoms with van der Waals surface area (Å²) in [6.07, 6.45) is 9.72. The molecule has 2 heteroatoms. The highest BCUT2D eigenvalue weighted by Gasteiger charge is 2.04. The van der Waals surface area contributed by atoms with Crippen molar-refractivity contribution < 1.29 is 0 Å². The van der Waals surface area contributed by atoms with Crippen LogP contribution in [0.15, 0.2) is 67.0 Å². The van der Waals surface area contributed by atoms with E-state index < -0.39 is 0 Å². The van der Waals surface area contributed by atoms with Crippen LogP contribution in [0.1, 0.15) is 54.5 Å². The highest BCUT2D eigenvalue weighted by molar-refractivity contribution is 5.50. The molecule has 0 saturated carbocycles. The Labute approximate surface area is 163 Å². The molecule has 27 heavy (non-hydrogen) atoms. The first kappa shape index (κ1) is 19.2. The van der Waals surface area contributed by atoms with Gasteiger partial charge in [-0.1, -0.05) is 87.0 Å². The van der Waals surface area contributed by atoms with E-state index in [2.05, 4.69) is 99.7 Å². The number of hydrogen-bond donors (Lipinski definition) is 0. The Kier molecular flexibility index (Phi) is 6.28. The fraction of sp³-hybridized carbons (Fsp3) is 0.320. The molecule has 0 saturated heterocycles. The minimum absolute atomic E-state index is 0.510. The summed E-state index contributed by atoms with van der Waals surface area (Å²) >= 11 is 0. The molecule has 2 aromatic carbocycles. The van der Waals surface area contributed by atoms with E-state index >= 15 is 0 Å². The third kappa shape index (κ3) is 5.68. The van der Waals surface area contributed by atoms with Crippen molar-refractivity contribution in [1.29, 1.82) is 0 Å². The maximum absolute atomic E-state index is 4.47. The van der Waals surface area contributed by atoms with Crippen molar-refractivity contribution in [3.63, 3.8) is 0 Å². The Morgan fingerprint density at radius 2 is 1.74 bits per heavy atom. The number of benzene rings is 2. The highest BCUT2D eigenvalue weighted by atomic mass is 15.3. The van der Waals surface area contributed by atoms with Crippen LogP contribution in [0, 0.1) is 12.8 Å². The smallest absolute Gasteiger partial charge is 0.0659 e. The molecule has 0 aliphatic rings. The number of aromatic nitrogens is 2.